The number of carbonyl (C=O) groups excluding carboxylic acids is 1. The Bertz CT molecular complexity index is 1450. The van der Waals surface area contributed by atoms with E-state index in [0.29, 0.717) is 37.8 Å². The van der Waals surface area contributed by atoms with Gasteiger partial charge in [0.15, 0.2) is 17.5 Å². The summed E-state index contributed by atoms with van der Waals surface area (Å²) in [6, 6.07) is 0.936. The predicted octanol–water partition coefficient (Wildman–Crippen LogP) is 4.85. The molecular formula is C29H34F3N7O2. The topological polar surface area (TPSA) is 89.2 Å². The maximum absolute atomic E-state index is 14.1. The Hall–Kier alpha value is -4.16. The molecule has 0 unspecified atom stereocenters. The van der Waals surface area contributed by atoms with Gasteiger partial charge in [-0.05, 0) is 37.6 Å². The first-order chi connectivity index (χ1) is 19.6. The molecule has 0 radical (unpaired) electrons. The number of benzene rings is 1. The van der Waals surface area contributed by atoms with Crippen LogP contribution in [0, 0.1) is 24.4 Å². The largest absolute Gasteiger partial charge is 0.383 e. The summed E-state index contributed by atoms with van der Waals surface area (Å²) in [6.45, 7) is 9.19. The zero-order chi connectivity index (χ0) is 29.7. The summed E-state index contributed by atoms with van der Waals surface area (Å²) in [5.41, 5.74) is 3.15. The molecule has 1 aliphatic heterocycles. The minimum absolute atomic E-state index is 0.263. The molecule has 2 N–H and O–H groups in total. The fourth-order valence-electron chi connectivity index (χ4n) is 4.93. The van der Waals surface area contributed by atoms with Gasteiger partial charge >= 0.3 is 6.03 Å². The highest BCUT2D eigenvalue weighted by molar-refractivity contribution is 5.91. The monoisotopic (exact) mass is 569 g/mol. The molecule has 3 aromatic rings. The van der Waals surface area contributed by atoms with Gasteiger partial charge in [-0.3, -0.25) is 14.9 Å². The molecule has 1 aliphatic rings. The van der Waals surface area contributed by atoms with E-state index >= 15 is 0 Å². The number of nitrogens with one attached hydrogen (secondary N) is 2. The molecule has 2 atom stereocenters. The third-order valence-corrected chi connectivity index (χ3v) is 7.01. The number of urea groups is 1. The first-order valence-electron chi connectivity index (χ1n) is 13.1. The number of carbonyl (C=O) groups is 1. The van der Waals surface area contributed by atoms with Crippen molar-refractivity contribution in [1.29, 1.82) is 0 Å². The van der Waals surface area contributed by atoms with Crippen LogP contribution in [-0.2, 0) is 11.8 Å². The number of hydrogen-bond acceptors (Lipinski definition) is 5. The maximum Gasteiger partial charge on any atom is 0.320 e. The fourth-order valence-corrected chi connectivity index (χ4v) is 4.93. The molecule has 0 aliphatic carbocycles. The molecule has 218 valence electrons. The van der Waals surface area contributed by atoms with Gasteiger partial charge in [0, 0.05) is 62.7 Å². The molecule has 9 nitrogen and oxygen atoms in total. The van der Waals surface area contributed by atoms with Gasteiger partial charge in [-0.1, -0.05) is 24.8 Å². The van der Waals surface area contributed by atoms with Crippen LogP contribution in [-0.4, -0.2) is 69.9 Å². The molecule has 0 bridgehead atoms. The second kappa shape index (κ2) is 13.0. The average molecular weight is 570 g/mol. The molecule has 0 saturated carbocycles. The van der Waals surface area contributed by atoms with E-state index in [-0.39, 0.29) is 5.56 Å². The van der Waals surface area contributed by atoms with Crippen LogP contribution in [0.3, 0.4) is 0 Å². The zero-order valence-corrected chi connectivity index (χ0v) is 23.5. The number of aryl methyl sites for hydroxylation is 1. The minimum atomic E-state index is -1.52. The Morgan fingerprint density at radius 3 is 2.59 bits per heavy atom. The van der Waals surface area contributed by atoms with Gasteiger partial charge in [0.1, 0.15) is 11.5 Å². The average Bonchev–Trinajstić information content (AvgIpc) is 3.63. The van der Waals surface area contributed by atoms with Crippen LogP contribution in [0.4, 0.5) is 23.8 Å². The fraction of sp³-hybridized carbons (Fsp3) is 0.345. The smallest absolute Gasteiger partial charge is 0.320 e. The lowest BCUT2D eigenvalue weighted by atomic mass is 9.94. The van der Waals surface area contributed by atoms with Gasteiger partial charge in [-0.25, -0.2) is 22.6 Å². The number of likely N-dealkylation sites (tertiary alicyclic amines) is 1. The van der Waals surface area contributed by atoms with E-state index < -0.39 is 35.4 Å². The number of amides is 2. The highest BCUT2D eigenvalue weighted by atomic mass is 19.2. The van der Waals surface area contributed by atoms with E-state index in [1.807, 2.05) is 37.1 Å². The minimum Gasteiger partial charge on any atom is -0.383 e. The van der Waals surface area contributed by atoms with Crippen molar-refractivity contribution in [3.05, 3.63) is 84.0 Å². The van der Waals surface area contributed by atoms with E-state index in [9.17, 15) is 18.0 Å². The van der Waals surface area contributed by atoms with Crippen LogP contribution in [0.15, 0.2) is 55.4 Å². The number of hydrogen-bond donors (Lipinski definition) is 2. The lowest BCUT2D eigenvalue weighted by molar-refractivity contribution is 0.159. The second-order valence-corrected chi connectivity index (χ2v) is 9.93. The van der Waals surface area contributed by atoms with Crippen LogP contribution < -0.4 is 10.6 Å². The van der Waals surface area contributed by atoms with Crippen molar-refractivity contribution in [3.8, 4) is 11.3 Å². The van der Waals surface area contributed by atoms with E-state index in [0.717, 1.165) is 29.0 Å². The standard InChI is InChI=1S/C29H34F3N7O2/c1-6-7-8-9-18(2)39-28(19(3)27(36-39)21-14-33-37(4)15-21)35-29(40)34-25-17-38(10-11-41-5)16-22(25)20-12-23(30)26(32)24(31)13-20/h6-9,12-15,22,25H,1,10-11,16-17H2,2-5H3,(H2,34,35,40)/b8-7-,18-9+/t22-,25+/m0/s1. The lowest BCUT2D eigenvalue weighted by Gasteiger charge is -2.21. The Kier molecular flexibility index (Phi) is 9.46. The molecule has 2 amide bonds. The molecule has 2 aromatic heterocycles. The molecule has 3 heterocycles. The molecular weight excluding hydrogens is 535 g/mol. The molecule has 12 heteroatoms. The first kappa shape index (κ1) is 29.8. The van der Waals surface area contributed by atoms with Crippen molar-refractivity contribution >= 4 is 17.5 Å². The van der Waals surface area contributed by atoms with Crippen LogP contribution >= 0.6 is 0 Å². The second-order valence-electron chi connectivity index (χ2n) is 9.93. The number of anilines is 1. The van der Waals surface area contributed by atoms with Crippen molar-refractivity contribution in [1.82, 2.24) is 29.8 Å². The summed E-state index contributed by atoms with van der Waals surface area (Å²) in [4.78, 5) is 15.4. The zero-order valence-electron chi connectivity index (χ0n) is 23.5. The highest BCUT2D eigenvalue weighted by Crippen LogP contribution is 2.32. The molecule has 0 spiro atoms. The normalized spacial score (nSPS) is 17.9. The highest BCUT2D eigenvalue weighted by Gasteiger charge is 2.36. The van der Waals surface area contributed by atoms with Gasteiger partial charge in [0.05, 0.1) is 18.8 Å². The number of halogens is 3. The molecule has 1 fully saturated rings. The molecule has 1 aromatic carbocycles. The van der Waals surface area contributed by atoms with Crippen molar-refractivity contribution in [2.24, 2.45) is 7.05 Å². The molecule has 4 rings (SSSR count). The van der Waals surface area contributed by atoms with Crippen LogP contribution in [0.25, 0.3) is 17.0 Å². The Morgan fingerprint density at radius 2 is 1.95 bits per heavy atom. The SMILES string of the molecule is C=C/C=C\C=C(/C)n1nc(-c2cnn(C)c2)c(C)c1NC(=O)N[C@@H]1CN(CCOC)C[C@H]1c1cc(F)c(F)c(F)c1. The van der Waals surface area contributed by atoms with Gasteiger partial charge < -0.3 is 10.1 Å². The van der Waals surface area contributed by atoms with Gasteiger partial charge in [0.2, 0.25) is 0 Å². The van der Waals surface area contributed by atoms with Crippen LogP contribution in [0.5, 0.6) is 0 Å². The van der Waals surface area contributed by atoms with Gasteiger partial charge in [-0.2, -0.15) is 10.2 Å². The predicted molar refractivity (Wildman–Crippen MR) is 152 cm³/mol. The van der Waals surface area contributed by atoms with E-state index in [1.54, 1.807) is 41.9 Å². The number of methoxy groups -OCH3 is 1. The number of ether oxygens (including phenoxy) is 1. The van der Waals surface area contributed by atoms with Crippen LogP contribution in [0.2, 0.25) is 0 Å². The summed E-state index contributed by atoms with van der Waals surface area (Å²) >= 11 is 0. The van der Waals surface area contributed by atoms with Gasteiger partial charge in [0.25, 0.3) is 0 Å². The van der Waals surface area contributed by atoms with E-state index in [1.165, 1.54) is 0 Å². The number of aromatic nitrogens is 4. The number of allylic oxidation sites excluding steroid dienone is 5. The van der Waals surface area contributed by atoms with Crippen molar-refractivity contribution in [2.45, 2.75) is 25.8 Å². The Morgan fingerprint density at radius 1 is 1.22 bits per heavy atom. The van der Waals surface area contributed by atoms with E-state index in [4.69, 9.17) is 9.84 Å². The van der Waals surface area contributed by atoms with Crippen LogP contribution in [0.1, 0.15) is 24.0 Å². The quantitative estimate of drug-likeness (QED) is 0.269. The third-order valence-electron chi connectivity index (χ3n) is 7.01. The van der Waals surface area contributed by atoms with Crippen molar-refractivity contribution < 1.29 is 22.7 Å². The number of nitrogens with zero attached hydrogens (tertiary/aromatic N) is 5. The maximum atomic E-state index is 14.1. The summed E-state index contributed by atoms with van der Waals surface area (Å²) in [6.07, 6.45) is 10.6. The summed E-state index contributed by atoms with van der Waals surface area (Å²) < 4.78 is 50.4. The summed E-state index contributed by atoms with van der Waals surface area (Å²) in [5, 5.41) is 14.9. The van der Waals surface area contributed by atoms with Crippen molar-refractivity contribution in [3.63, 3.8) is 0 Å². The number of rotatable bonds is 10. The van der Waals surface area contributed by atoms with Gasteiger partial charge in [-0.15, -0.1) is 0 Å². The molecule has 41 heavy (non-hydrogen) atoms. The summed E-state index contributed by atoms with van der Waals surface area (Å²) in [7, 11) is 3.39. The Labute approximate surface area is 237 Å². The Balaban J connectivity index is 1.63. The third kappa shape index (κ3) is 6.77. The molecule has 1 saturated heterocycles. The first-order valence-corrected chi connectivity index (χ1v) is 13.1. The lowest BCUT2D eigenvalue weighted by Crippen LogP contribution is -2.42. The van der Waals surface area contributed by atoms with E-state index in [2.05, 4.69) is 22.3 Å². The summed E-state index contributed by atoms with van der Waals surface area (Å²) in [5.74, 6) is -4.09. The van der Waals surface area contributed by atoms with Crippen molar-refractivity contribution in [2.75, 3.05) is 38.7 Å².